The zero-order valence-corrected chi connectivity index (χ0v) is 27.6. The summed E-state index contributed by atoms with van der Waals surface area (Å²) in [6.07, 6.45) is 31.4. The summed E-state index contributed by atoms with van der Waals surface area (Å²) in [6.45, 7) is 7.18. The van der Waals surface area contributed by atoms with Crippen molar-refractivity contribution in [3.8, 4) is 0 Å². The second-order valence-electron chi connectivity index (χ2n) is 12.1. The Morgan fingerprint density at radius 3 is 1.06 bits per heavy atom. The van der Waals surface area contributed by atoms with E-state index in [2.05, 4.69) is 27.6 Å². The number of unbranched alkanes of at least 4 members (excludes halogenated alkanes) is 20. The molecule has 0 aliphatic carbocycles. The van der Waals surface area contributed by atoms with Crippen LogP contribution in [-0.4, -0.2) is 54.4 Å². The number of hydrogen-bond acceptors (Lipinski definition) is 2. The van der Waals surface area contributed by atoms with Crippen LogP contribution in [-0.2, 0) is 8.85 Å². The highest BCUT2D eigenvalue weighted by Gasteiger charge is 2.27. The van der Waals surface area contributed by atoms with Gasteiger partial charge in [0.15, 0.2) is 0 Å². The smallest absolute Gasteiger partial charge is 0.334 e. The predicted octanol–water partition coefficient (Wildman–Crippen LogP) is 7.03. The SMILES string of the molecule is CCCCCCCCCCCCCCCCCC[N+](C)(C)CCCCCCCC[Si](C)(OC)OC.[Cl-]. The van der Waals surface area contributed by atoms with Gasteiger partial charge in [-0.05, 0) is 38.3 Å². The van der Waals surface area contributed by atoms with E-state index in [0.29, 0.717) is 0 Å². The van der Waals surface area contributed by atoms with Crippen molar-refractivity contribution in [3.05, 3.63) is 0 Å². The molecule has 0 heterocycles. The molecule has 3 nitrogen and oxygen atoms in total. The highest BCUT2D eigenvalue weighted by atomic mass is 35.5. The third kappa shape index (κ3) is 26.0. The summed E-state index contributed by atoms with van der Waals surface area (Å²) in [5.41, 5.74) is 0. The second-order valence-corrected chi connectivity index (χ2v) is 15.7. The standard InChI is InChI=1S/C31H68NO2Si.ClH/c1-7-8-9-10-11-12-13-14-15-16-17-18-19-20-23-26-29-32(2,3)30-27-24-21-22-25-28-31-35(6,33-4)34-5;/h7-31H2,1-6H3;1H/q+1;/p-1. The molecule has 0 aliphatic rings. The van der Waals surface area contributed by atoms with Crippen LogP contribution in [0.5, 0.6) is 0 Å². The van der Waals surface area contributed by atoms with Gasteiger partial charge >= 0.3 is 8.56 Å². The van der Waals surface area contributed by atoms with E-state index in [0.717, 1.165) is 6.04 Å². The average molecular weight is 550 g/mol. The Bertz CT molecular complexity index is 433. The van der Waals surface area contributed by atoms with Crippen molar-refractivity contribution in [3.63, 3.8) is 0 Å². The molecule has 0 aliphatic heterocycles. The molecule has 0 rings (SSSR count). The molecular weight excluding hydrogens is 482 g/mol. The fourth-order valence-corrected chi connectivity index (χ4v) is 6.65. The molecule has 0 bridgehead atoms. The van der Waals surface area contributed by atoms with Crippen molar-refractivity contribution < 1.29 is 25.7 Å². The summed E-state index contributed by atoms with van der Waals surface area (Å²) in [5.74, 6) is 0. The van der Waals surface area contributed by atoms with Gasteiger partial charge in [-0.3, -0.25) is 0 Å². The fraction of sp³-hybridized carbons (Fsp3) is 1.00. The maximum absolute atomic E-state index is 5.58. The van der Waals surface area contributed by atoms with Crippen LogP contribution in [0.15, 0.2) is 0 Å². The zero-order chi connectivity index (χ0) is 26.1. The van der Waals surface area contributed by atoms with Crippen molar-refractivity contribution in [2.75, 3.05) is 41.4 Å². The highest BCUT2D eigenvalue weighted by molar-refractivity contribution is 6.65. The molecule has 36 heavy (non-hydrogen) atoms. The van der Waals surface area contributed by atoms with E-state index < -0.39 is 8.56 Å². The molecule has 0 saturated carbocycles. The van der Waals surface area contributed by atoms with Gasteiger partial charge in [0.25, 0.3) is 0 Å². The molecule has 0 fully saturated rings. The fourth-order valence-electron chi connectivity index (χ4n) is 5.18. The summed E-state index contributed by atoms with van der Waals surface area (Å²) < 4.78 is 12.4. The first-order valence-corrected chi connectivity index (χ1v) is 18.3. The van der Waals surface area contributed by atoms with Crippen LogP contribution in [0.4, 0.5) is 0 Å². The zero-order valence-electron chi connectivity index (χ0n) is 25.8. The van der Waals surface area contributed by atoms with Crippen LogP contribution in [0.2, 0.25) is 12.6 Å². The maximum atomic E-state index is 5.58. The van der Waals surface area contributed by atoms with E-state index in [1.165, 1.54) is 159 Å². The van der Waals surface area contributed by atoms with Crippen molar-refractivity contribution in [2.24, 2.45) is 0 Å². The molecule has 0 aromatic heterocycles. The normalized spacial score (nSPS) is 12.2. The number of halogens is 1. The quantitative estimate of drug-likeness (QED) is 0.0592. The topological polar surface area (TPSA) is 18.5 Å². The van der Waals surface area contributed by atoms with Gasteiger partial charge < -0.3 is 25.7 Å². The molecule has 5 heteroatoms. The van der Waals surface area contributed by atoms with Gasteiger partial charge in [0.2, 0.25) is 0 Å². The number of quaternary nitrogens is 1. The lowest BCUT2D eigenvalue weighted by molar-refractivity contribution is -0.890. The molecule has 0 radical (unpaired) electrons. The summed E-state index contributed by atoms with van der Waals surface area (Å²) >= 11 is 0. The first-order valence-electron chi connectivity index (χ1n) is 15.8. The van der Waals surface area contributed by atoms with Crippen molar-refractivity contribution in [1.29, 1.82) is 0 Å². The highest BCUT2D eigenvalue weighted by Crippen LogP contribution is 2.18. The van der Waals surface area contributed by atoms with Crippen LogP contribution >= 0.6 is 0 Å². The lowest BCUT2D eigenvalue weighted by Crippen LogP contribution is -3.00. The Balaban J connectivity index is 0. The van der Waals surface area contributed by atoms with Crippen LogP contribution < -0.4 is 12.4 Å². The predicted molar refractivity (Wildman–Crippen MR) is 160 cm³/mol. The van der Waals surface area contributed by atoms with E-state index in [1.807, 2.05) is 0 Å². The molecule has 0 unspecified atom stereocenters. The largest absolute Gasteiger partial charge is 1.00 e. The first kappa shape index (κ1) is 38.5. The lowest BCUT2D eigenvalue weighted by Gasteiger charge is -2.30. The third-order valence-corrected chi connectivity index (χ3v) is 11.1. The van der Waals surface area contributed by atoms with E-state index in [1.54, 1.807) is 14.2 Å². The molecule has 220 valence electrons. The van der Waals surface area contributed by atoms with Gasteiger partial charge in [0, 0.05) is 14.2 Å². The van der Waals surface area contributed by atoms with Crippen LogP contribution in [0.25, 0.3) is 0 Å². The Labute approximate surface area is 236 Å². The third-order valence-electron chi connectivity index (χ3n) is 8.12. The first-order chi connectivity index (χ1) is 16.9. The summed E-state index contributed by atoms with van der Waals surface area (Å²) in [5, 5.41) is 0. The minimum atomic E-state index is -1.84. The van der Waals surface area contributed by atoms with E-state index >= 15 is 0 Å². The molecule has 0 aromatic carbocycles. The monoisotopic (exact) mass is 549 g/mol. The summed E-state index contributed by atoms with van der Waals surface area (Å²) in [7, 11) is 6.64. The molecule has 0 N–H and O–H groups in total. The van der Waals surface area contributed by atoms with Crippen molar-refractivity contribution >= 4 is 8.56 Å². The minimum absolute atomic E-state index is 0. The second kappa shape index (κ2) is 27.0. The molecule has 0 saturated heterocycles. The Morgan fingerprint density at radius 2 is 0.750 bits per heavy atom. The van der Waals surface area contributed by atoms with Gasteiger partial charge in [-0.2, -0.15) is 0 Å². The Morgan fingerprint density at radius 1 is 0.472 bits per heavy atom. The van der Waals surface area contributed by atoms with Crippen molar-refractivity contribution in [1.82, 2.24) is 0 Å². The lowest BCUT2D eigenvalue weighted by atomic mass is 10.0. The molecule has 0 spiro atoms. The Hall–Kier alpha value is 0.387. The van der Waals surface area contributed by atoms with Gasteiger partial charge in [-0.1, -0.05) is 122 Å². The minimum Gasteiger partial charge on any atom is -1.00 e. The maximum Gasteiger partial charge on any atom is 0.334 e. The Kier molecular flexibility index (Phi) is 28.9. The van der Waals surface area contributed by atoms with Gasteiger partial charge in [0.1, 0.15) is 0 Å². The summed E-state index contributed by atoms with van der Waals surface area (Å²) in [4.78, 5) is 0. The van der Waals surface area contributed by atoms with E-state index in [-0.39, 0.29) is 12.4 Å². The van der Waals surface area contributed by atoms with Gasteiger partial charge in [-0.25, -0.2) is 0 Å². The van der Waals surface area contributed by atoms with Crippen LogP contribution in [0.3, 0.4) is 0 Å². The van der Waals surface area contributed by atoms with Crippen LogP contribution in [0.1, 0.15) is 148 Å². The number of rotatable bonds is 28. The van der Waals surface area contributed by atoms with Gasteiger partial charge in [-0.15, -0.1) is 0 Å². The van der Waals surface area contributed by atoms with Crippen molar-refractivity contribution in [2.45, 2.75) is 161 Å². The van der Waals surface area contributed by atoms with E-state index in [4.69, 9.17) is 8.85 Å². The molecule has 0 aromatic rings. The van der Waals surface area contributed by atoms with Crippen LogP contribution in [0, 0.1) is 0 Å². The molecular formula is C31H68ClNO2Si. The number of nitrogens with zero attached hydrogens (tertiary/aromatic N) is 1. The van der Waals surface area contributed by atoms with E-state index in [9.17, 15) is 0 Å². The molecule has 0 atom stereocenters. The average Bonchev–Trinajstić information content (AvgIpc) is 2.85. The molecule has 0 amide bonds. The number of hydrogen-bond donors (Lipinski definition) is 0. The van der Waals surface area contributed by atoms with Gasteiger partial charge in [0.05, 0.1) is 27.2 Å². The summed E-state index contributed by atoms with van der Waals surface area (Å²) in [6, 6.07) is 1.13.